The van der Waals surface area contributed by atoms with Crippen molar-refractivity contribution in [3.8, 4) is 0 Å². The molecule has 0 radical (unpaired) electrons. The zero-order valence-electron chi connectivity index (χ0n) is 11.8. The van der Waals surface area contributed by atoms with Crippen molar-refractivity contribution >= 4 is 11.7 Å². The summed E-state index contributed by atoms with van der Waals surface area (Å²) < 4.78 is 0. The van der Waals surface area contributed by atoms with Crippen molar-refractivity contribution in [2.45, 2.75) is 38.2 Å². The Morgan fingerprint density at radius 1 is 1.35 bits per heavy atom. The molecular weight excluding hydrogens is 256 g/mol. The Morgan fingerprint density at radius 3 is 2.70 bits per heavy atom. The molecule has 1 aromatic rings. The Labute approximate surface area is 119 Å². The summed E-state index contributed by atoms with van der Waals surface area (Å²) in [6.07, 6.45) is 5.55. The van der Waals surface area contributed by atoms with Gasteiger partial charge in [-0.05, 0) is 30.9 Å². The third-order valence-electron chi connectivity index (χ3n) is 3.81. The highest BCUT2D eigenvalue weighted by Crippen LogP contribution is 2.26. The number of nitrogens with zero attached hydrogens (tertiary/aromatic N) is 2. The van der Waals surface area contributed by atoms with Gasteiger partial charge in [-0.3, -0.25) is 4.79 Å². The first-order chi connectivity index (χ1) is 9.70. The van der Waals surface area contributed by atoms with Crippen LogP contribution < -0.4 is 10.6 Å². The second kappa shape index (κ2) is 7.19. The zero-order valence-corrected chi connectivity index (χ0v) is 11.8. The monoisotopic (exact) mass is 278 g/mol. The van der Waals surface area contributed by atoms with Crippen LogP contribution in [0.1, 0.15) is 42.6 Å². The molecule has 1 aromatic heterocycles. The lowest BCUT2D eigenvalue weighted by Crippen LogP contribution is -2.30. The molecule has 1 amide bonds. The van der Waals surface area contributed by atoms with Gasteiger partial charge in [-0.2, -0.15) is 0 Å². The fraction of sp³-hybridized carbons (Fsp3) is 0.643. The predicted molar refractivity (Wildman–Crippen MR) is 76.5 cm³/mol. The number of nitrogens with one attached hydrogen (secondary N) is 2. The molecule has 1 saturated carbocycles. The molecule has 0 bridgehead atoms. The topological polar surface area (TPSA) is 87.1 Å². The summed E-state index contributed by atoms with van der Waals surface area (Å²) in [7, 11) is 1.55. The molecule has 0 spiro atoms. The summed E-state index contributed by atoms with van der Waals surface area (Å²) in [6, 6.07) is 3.31. The molecule has 0 aliphatic heterocycles. The van der Waals surface area contributed by atoms with Crippen LogP contribution in [0.4, 0.5) is 5.82 Å². The first-order valence-corrected chi connectivity index (χ1v) is 7.18. The van der Waals surface area contributed by atoms with E-state index in [1.54, 1.807) is 19.2 Å². The van der Waals surface area contributed by atoms with Gasteiger partial charge in [-0.1, -0.05) is 19.3 Å². The van der Waals surface area contributed by atoms with Crippen LogP contribution in [0.2, 0.25) is 0 Å². The van der Waals surface area contributed by atoms with Crippen LogP contribution >= 0.6 is 0 Å². The Bertz CT molecular complexity index is 429. The number of anilines is 1. The number of carbonyl (C=O) groups is 1. The van der Waals surface area contributed by atoms with E-state index in [0.717, 1.165) is 12.8 Å². The van der Waals surface area contributed by atoms with Gasteiger partial charge in [0.15, 0.2) is 5.69 Å². The van der Waals surface area contributed by atoms with Gasteiger partial charge in [0.25, 0.3) is 5.91 Å². The van der Waals surface area contributed by atoms with Gasteiger partial charge < -0.3 is 15.7 Å². The second-order valence-electron chi connectivity index (χ2n) is 5.23. The van der Waals surface area contributed by atoms with Crippen molar-refractivity contribution in [3.05, 3.63) is 17.8 Å². The smallest absolute Gasteiger partial charge is 0.271 e. The predicted octanol–water partition coefficient (Wildman–Crippen LogP) is 1.19. The maximum atomic E-state index is 11.3. The van der Waals surface area contributed by atoms with E-state index >= 15 is 0 Å². The standard InChI is InChI=1S/C14H22N4O2/c1-15-14(20)11-7-8-13(18-17-11)16-9-12(19)10-5-3-2-4-6-10/h7-8,10,12,19H,2-6,9H2,1H3,(H,15,20)(H,16,18). The number of amides is 1. The fourth-order valence-electron chi connectivity index (χ4n) is 2.57. The van der Waals surface area contributed by atoms with Crippen LogP contribution in [0.3, 0.4) is 0 Å². The number of aromatic nitrogens is 2. The van der Waals surface area contributed by atoms with Gasteiger partial charge >= 0.3 is 0 Å². The van der Waals surface area contributed by atoms with Crippen LogP contribution in [0.5, 0.6) is 0 Å². The van der Waals surface area contributed by atoms with Crippen LogP contribution in [0.15, 0.2) is 12.1 Å². The van der Waals surface area contributed by atoms with E-state index < -0.39 is 0 Å². The van der Waals surface area contributed by atoms with Gasteiger partial charge in [0, 0.05) is 13.6 Å². The van der Waals surface area contributed by atoms with Crippen molar-refractivity contribution < 1.29 is 9.90 Å². The Morgan fingerprint density at radius 2 is 2.10 bits per heavy atom. The van der Waals surface area contributed by atoms with E-state index in [4.69, 9.17) is 0 Å². The molecule has 6 nitrogen and oxygen atoms in total. The molecule has 0 saturated heterocycles. The molecular formula is C14H22N4O2. The average molecular weight is 278 g/mol. The lowest BCUT2D eigenvalue weighted by Gasteiger charge is -2.26. The maximum absolute atomic E-state index is 11.3. The Balaban J connectivity index is 1.82. The van der Waals surface area contributed by atoms with Gasteiger partial charge in [0.05, 0.1) is 6.10 Å². The van der Waals surface area contributed by atoms with E-state index in [9.17, 15) is 9.90 Å². The number of aliphatic hydroxyl groups excluding tert-OH is 1. The maximum Gasteiger partial charge on any atom is 0.271 e. The van der Waals surface area contributed by atoms with Crippen molar-refractivity contribution in [1.82, 2.24) is 15.5 Å². The third-order valence-corrected chi connectivity index (χ3v) is 3.81. The first kappa shape index (κ1) is 14.7. The van der Waals surface area contributed by atoms with E-state index in [1.165, 1.54) is 19.3 Å². The minimum atomic E-state index is -0.351. The molecule has 1 fully saturated rings. The highest BCUT2D eigenvalue weighted by molar-refractivity contribution is 5.91. The molecule has 1 unspecified atom stereocenters. The van der Waals surface area contributed by atoms with E-state index in [-0.39, 0.29) is 17.7 Å². The molecule has 1 atom stereocenters. The number of aliphatic hydroxyl groups is 1. The summed E-state index contributed by atoms with van der Waals surface area (Å²) in [5, 5.41) is 23.5. The second-order valence-corrected chi connectivity index (χ2v) is 5.23. The summed E-state index contributed by atoms with van der Waals surface area (Å²) >= 11 is 0. The van der Waals surface area contributed by atoms with Crippen molar-refractivity contribution in [2.75, 3.05) is 18.9 Å². The van der Waals surface area contributed by atoms with Crippen LogP contribution in [0, 0.1) is 5.92 Å². The molecule has 1 aliphatic rings. The average Bonchev–Trinajstić information content (AvgIpc) is 2.53. The van der Waals surface area contributed by atoms with E-state index in [2.05, 4.69) is 20.8 Å². The molecule has 2 rings (SSSR count). The number of rotatable bonds is 5. The molecule has 110 valence electrons. The van der Waals surface area contributed by atoms with E-state index in [1.807, 2.05) is 0 Å². The molecule has 1 aliphatic carbocycles. The van der Waals surface area contributed by atoms with Crippen molar-refractivity contribution in [1.29, 1.82) is 0 Å². The zero-order chi connectivity index (χ0) is 14.4. The van der Waals surface area contributed by atoms with E-state index in [0.29, 0.717) is 18.3 Å². The van der Waals surface area contributed by atoms with Crippen molar-refractivity contribution in [2.24, 2.45) is 5.92 Å². The fourth-order valence-corrected chi connectivity index (χ4v) is 2.57. The molecule has 6 heteroatoms. The number of hydrogen-bond acceptors (Lipinski definition) is 5. The third kappa shape index (κ3) is 3.90. The highest BCUT2D eigenvalue weighted by atomic mass is 16.3. The largest absolute Gasteiger partial charge is 0.391 e. The SMILES string of the molecule is CNC(=O)c1ccc(NCC(O)C2CCCCC2)nn1. The van der Waals surface area contributed by atoms with Gasteiger partial charge in [-0.25, -0.2) is 0 Å². The minimum absolute atomic E-state index is 0.258. The molecule has 0 aromatic carbocycles. The summed E-state index contributed by atoms with van der Waals surface area (Å²) in [5.74, 6) is 0.702. The van der Waals surface area contributed by atoms with Crippen LogP contribution in [0.25, 0.3) is 0 Å². The van der Waals surface area contributed by atoms with Crippen molar-refractivity contribution in [3.63, 3.8) is 0 Å². The van der Waals surface area contributed by atoms with Crippen LogP contribution in [-0.4, -0.2) is 40.9 Å². The Hall–Kier alpha value is -1.69. The normalized spacial score (nSPS) is 17.5. The highest BCUT2D eigenvalue weighted by Gasteiger charge is 2.21. The first-order valence-electron chi connectivity index (χ1n) is 7.18. The summed E-state index contributed by atoms with van der Waals surface area (Å²) in [5.41, 5.74) is 0.283. The van der Waals surface area contributed by atoms with Gasteiger partial charge in [0.2, 0.25) is 0 Å². The summed E-state index contributed by atoms with van der Waals surface area (Å²) in [4.78, 5) is 11.3. The lowest BCUT2D eigenvalue weighted by atomic mass is 9.85. The molecule has 20 heavy (non-hydrogen) atoms. The number of carbonyl (C=O) groups excluding carboxylic acids is 1. The number of hydrogen-bond donors (Lipinski definition) is 3. The minimum Gasteiger partial charge on any atom is -0.391 e. The Kier molecular flexibility index (Phi) is 5.29. The molecule has 3 N–H and O–H groups in total. The quantitative estimate of drug-likeness (QED) is 0.753. The van der Waals surface area contributed by atoms with Gasteiger partial charge in [-0.15, -0.1) is 10.2 Å². The van der Waals surface area contributed by atoms with Gasteiger partial charge in [0.1, 0.15) is 5.82 Å². The molecule has 1 heterocycles. The summed E-state index contributed by atoms with van der Waals surface area (Å²) in [6.45, 7) is 0.471. The lowest BCUT2D eigenvalue weighted by molar-refractivity contribution is 0.0949. The van der Waals surface area contributed by atoms with Crippen LogP contribution in [-0.2, 0) is 0 Å².